The van der Waals surface area contributed by atoms with Crippen molar-refractivity contribution in [2.45, 2.75) is 55.4 Å². The van der Waals surface area contributed by atoms with Crippen molar-refractivity contribution in [3.8, 4) is 5.75 Å². The van der Waals surface area contributed by atoms with E-state index in [4.69, 9.17) is 0 Å². The van der Waals surface area contributed by atoms with Crippen LogP contribution in [0.4, 0.5) is 0 Å². The highest BCUT2D eigenvalue weighted by Crippen LogP contribution is 2.29. The molecular formula is C24H33BrN2O3. The van der Waals surface area contributed by atoms with Gasteiger partial charge < -0.3 is 5.11 Å². The molecule has 0 fully saturated rings. The van der Waals surface area contributed by atoms with Gasteiger partial charge in [0.05, 0.1) is 4.47 Å². The lowest BCUT2D eigenvalue weighted by Gasteiger charge is -2.30. The number of rotatable bonds is 3. The standard InChI is InChI=1S/C22H27BrN2O3.C2H6/c1-13-9-14(2)11-16(10-13)21(28)25(12-22(4,5)6)24-20(27)17-7-8-18(23)19(26)15(17)3;1-2/h7-11,26H,12H2,1-6H3,(H,24,27);1-2H3. The number of hydrazine groups is 1. The molecule has 0 spiro atoms. The Bertz CT molecular complexity index is 897. The summed E-state index contributed by atoms with van der Waals surface area (Å²) in [5.74, 6) is -0.702. The first-order valence-corrected chi connectivity index (χ1v) is 10.9. The number of carbonyl (C=O) groups excluding carboxylic acids is 2. The van der Waals surface area contributed by atoms with Crippen LogP contribution in [0.5, 0.6) is 5.75 Å². The number of amides is 2. The quantitative estimate of drug-likeness (QED) is 0.538. The van der Waals surface area contributed by atoms with E-state index in [2.05, 4.69) is 21.4 Å². The zero-order valence-corrected chi connectivity index (χ0v) is 20.8. The molecular weight excluding hydrogens is 444 g/mol. The number of phenols is 1. The van der Waals surface area contributed by atoms with Gasteiger partial charge in [-0.1, -0.05) is 51.8 Å². The first-order valence-electron chi connectivity index (χ1n) is 10.1. The highest BCUT2D eigenvalue weighted by molar-refractivity contribution is 9.10. The summed E-state index contributed by atoms with van der Waals surface area (Å²) in [6.45, 7) is 15.9. The van der Waals surface area contributed by atoms with Crippen LogP contribution in [-0.4, -0.2) is 28.5 Å². The highest BCUT2D eigenvalue weighted by atomic mass is 79.9. The molecule has 0 aromatic heterocycles. The van der Waals surface area contributed by atoms with Gasteiger partial charge in [-0.25, -0.2) is 5.01 Å². The van der Waals surface area contributed by atoms with Crippen LogP contribution >= 0.6 is 15.9 Å². The van der Waals surface area contributed by atoms with Crippen LogP contribution in [0, 0.1) is 26.2 Å². The predicted octanol–water partition coefficient (Wildman–Crippen LogP) is 5.94. The van der Waals surface area contributed by atoms with Crippen molar-refractivity contribution in [3.63, 3.8) is 0 Å². The number of hydrogen-bond acceptors (Lipinski definition) is 3. The fourth-order valence-corrected chi connectivity index (χ4v) is 3.42. The van der Waals surface area contributed by atoms with Crippen LogP contribution in [0.15, 0.2) is 34.8 Å². The number of nitrogens with zero attached hydrogens (tertiary/aromatic N) is 1. The monoisotopic (exact) mass is 476 g/mol. The number of aromatic hydroxyl groups is 1. The molecule has 0 saturated heterocycles. The second kappa shape index (κ2) is 10.6. The van der Waals surface area contributed by atoms with Gasteiger partial charge in [-0.15, -0.1) is 0 Å². The third-order valence-electron chi connectivity index (χ3n) is 4.21. The lowest BCUT2D eigenvalue weighted by Crippen LogP contribution is -2.49. The van der Waals surface area contributed by atoms with E-state index in [0.717, 1.165) is 11.1 Å². The normalized spacial score (nSPS) is 10.7. The van der Waals surface area contributed by atoms with Crippen molar-refractivity contribution in [3.05, 3.63) is 62.6 Å². The van der Waals surface area contributed by atoms with Gasteiger partial charge in [-0.05, 0) is 66.4 Å². The molecule has 0 aliphatic rings. The van der Waals surface area contributed by atoms with Crippen molar-refractivity contribution >= 4 is 27.7 Å². The molecule has 0 atom stereocenters. The number of halogens is 1. The molecule has 2 amide bonds. The molecule has 5 nitrogen and oxygen atoms in total. The minimum Gasteiger partial charge on any atom is -0.506 e. The molecule has 2 aromatic rings. The van der Waals surface area contributed by atoms with Crippen molar-refractivity contribution in [2.75, 3.05) is 6.54 Å². The van der Waals surface area contributed by atoms with Gasteiger partial charge in [0.25, 0.3) is 11.8 Å². The fourth-order valence-electron chi connectivity index (χ4n) is 2.99. The number of carbonyl (C=O) groups is 2. The van der Waals surface area contributed by atoms with E-state index < -0.39 is 5.91 Å². The van der Waals surface area contributed by atoms with Crippen molar-refractivity contribution < 1.29 is 14.7 Å². The Hall–Kier alpha value is -2.34. The topological polar surface area (TPSA) is 69.6 Å². The SMILES string of the molecule is CC.Cc1cc(C)cc(C(=O)N(CC(C)(C)C)NC(=O)c2ccc(Br)c(O)c2C)c1. The van der Waals surface area contributed by atoms with Crippen LogP contribution in [0.3, 0.4) is 0 Å². The van der Waals surface area contributed by atoms with Gasteiger partial charge >= 0.3 is 0 Å². The molecule has 2 aromatic carbocycles. The second-order valence-electron chi connectivity index (χ2n) is 8.34. The summed E-state index contributed by atoms with van der Waals surface area (Å²) in [4.78, 5) is 26.0. The Balaban J connectivity index is 0.00000218. The van der Waals surface area contributed by atoms with E-state index in [9.17, 15) is 14.7 Å². The highest BCUT2D eigenvalue weighted by Gasteiger charge is 2.25. The number of aryl methyl sites for hydroxylation is 2. The van der Waals surface area contributed by atoms with Crippen LogP contribution in [-0.2, 0) is 0 Å². The van der Waals surface area contributed by atoms with Gasteiger partial charge in [0.15, 0.2) is 0 Å². The van der Waals surface area contributed by atoms with Gasteiger partial charge in [-0.2, -0.15) is 0 Å². The zero-order chi connectivity index (χ0) is 23.2. The molecule has 0 bridgehead atoms. The molecule has 0 saturated carbocycles. The van der Waals surface area contributed by atoms with Gasteiger partial charge in [0.1, 0.15) is 5.75 Å². The Morgan fingerprint density at radius 2 is 1.57 bits per heavy atom. The van der Waals surface area contributed by atoms with E-state index >= 15 is 0 Å². The van der Waals surface area contributed by atoms with E-state index in [1.165, 1.54) is 5.01 Å². The molecule has 164 valence electrons. The molecule has 0 aliphatic carbocycles. The Morgan fingerprint density at radius 3 is 2.07 bits per heavy atom. The molecule has 2 rings (SSSR count). The smallest absolute Gasteiger partial charge is 0.272 e. The Labute approximate surface area is 188 Å². The van der Waals surface area contributed by atoms with E-state index in [1.54, 1.807) is 19.1 Å². The molecule has 0 unspecified atom stereocenters. The molecule has 0 aliphatic heterocycles. The van der Waals surface area contributed by atoms with Crippen LogP contribution in [0.2, 0.25) is 0 Å². The van der Waals surface area contributed by atoms with Gasteiger partial charge in [-0.3, -0.25) is 15.0 Å². The largest absolute Gasteiger partial charge is 0.506 e. The summed E-state index contributed by atoms with van der Waals surface area (Å²) >= 11 is 3.24. The average molecular weight is 477 g/mol. The second-order valence-corrected chi connectivity index (χ2v) is 9.19. The number of nitrogens with one attached hydrogen (secondary N) is 1. The van der Waals surface area contributed by atoms with Crippen LogP contribution < -0.4 is 5.43 Å². The molecule has 2 N–H and O–H groups in total. The van der Waals surface area contributed by atoms with Crippen LogP contribution in [0.1, 0.15) is 72.0 Å². The zero-order valence-electron chi connectivity index (χ0n) is 19.2. The summed E-state index contributed by atoms with van der Waals surface area (Å²) in [5.41, 5.74) is 5.76. The van der Waals surface area contributed by atoms with E-state index in [0.29, 0.717) is 27.7 Å². The average Bonchev–Trinajstić information content (AvgIpc) is 2.64. The Morgan fingerprint density at radius 1 is 1.03 bits per heavy atom. The minimum atomic E-state index is -0.442. The van der Waals surface area contributed by atoms with Crippen molar-refractivity contribution in [1.82, 2.24) is 10.4 Å². The maximum Gasteiger partial charge on any atom is 0.272 e. The fraction of sp³-hybridized carbons (Fsp3) is 0.417. The predicted molar refractivity (Wildman–Crippen MR) is 126 cm³/mol. The molecule has 0 radical (unpaired) electrons. The van der Waals surface area contributed by atoms with Gasteiger partial charge in [0.2, 0.25) is 0 Å². The van der Waals surface area contributed by atoms with Crippen molar-refractivity contribution in [2.24, 2.45) is 5.41 Å². The molecule has 0 heterocycles. The summed E-state index contributed by atoms with van der Waals surface area (Å²) < 4.78 is 0.513. The van der Waals surface area contributed by atoms with Gasteiger partial charge in [0, 0.05) is 23.2 Å². The number of phenolic OH excluding ortho intramolecular Hbond substituents is 1. The van der Waals surface area contributed by atoms with E-state index in [-0.39, 0.29) is 17.1 Å². The van der Waals surface area contributed by atoms with Crippen LogP contribution in [0.25, 0.3) is 0 Å². The summed E-state index contributed by atoms with van der Waals surface area (Å²) in [5, 5.41) is 11.5. The number of benzene rings is 2. The summed E-state index contributed by atoms with van der Waals surface area (Å²) in [6.07, 6.45) is 0. The minimum absolute atomic E-state index is 0.00987. The first-order chi connectivity index (χ1) is 13.9. The third kappa shape index (κ3) is 6.87. The first kappa shape index (κ1) is 25.7. The van der Waals surface area contributed by atoms with Crippen molar-refractivity contribution in [1.29, 1.82) is 0 Å². The lowest BCUT2D eigenvalue weighted by molar-refractivity contribution is 0.0509. The molecule has 30 heavy (non-hydrogen) atoms. The Kier molecular flexibility index (Phi) is 9.09. The lowest BCUT2D eigenvalue weighted by atomic mass is 9.96. The summed E-state index contributed by atoms with van der Waals surface area (Å²) in [7, 11) is 0. The molecule has 6 heteroatoms. The maximum atomic E-state index is 13.2. The summed E-state index contributed by atoms with van der Waals surface area (Å²) in [6, 6.07) is 8.85. The van der Waals surface area contributed by atoms with E-state index in [1.807, 2.05) is 66.7 Å². The third-order valence-corrected chi connectivity index (χ3v) is 4.85. The maximum absolute atomic E-state index is 13.2. The number of hydrogen-bond donors (Lipinski definition) is 2.